The summed E-state index contributed by atoms with van der Waals surface area (Å²) in [6, 6.07) is 3.49. The molecular weight excluding hydrogens is 238 g/mol. The van der Waals surface area contributed by atoms with Crippen LogP contribution in [0.15, 0.2) is 16.5 Å². The normalized spacial score (nSPS) is 11.5. The summed E-state index contributed by atoms with van der Waals surface area (Å²) in [4.78, 5) is 11.9. The molecule has 0 spiro atoms. The van der Waals surface area contributed by atoms with E-state index in [0.717, 1.165) is 11.5 Å². The monoisotopic (exact) mass is 257 g/mol. The van der Waals surface area contributed by atoms with Crippen LogP contribution in [0.4, 0.5) is 0 Å². The number of hydrogen-bond donors (Lipinski definition) is 2. The molecule has 1 rings (SSSR count). The van der Waals surface area contributed by atoms with Gasteiger partial charge in [-0.25, -0.2) is 0 Å². The molecule has 0 radical (unpaired) electrons. The number of rotatable bonds is 6. The topological polar surface area (TPSA) is 62.5 Å². The second kappa shape index (κ2) is 6.12. The number of carbonyl (C=O) groups is 1. The molecule has 1 heterocycles. The van der Waals surface area contributed by atoms with E-state index < -0.39 is 5.54 Å². The third kappa shape index (κ3) is 4.44. The fourth-order valence-corrected chi connectivity index (χ4v) is 1.87. The predicted molar refractivity (Wildman–Crippen MR) is 69.2 cm³/mol. The van der Waals surface area contributed by atoms with Crippen LogP contribution in [0.3, 0.4) is 0 Å². The molecule has 0 unspecified atom stereocenters. The number of amides is 1. The van der Waals surface area contributed by atoms with Crippen molar-refractivity contribution in [2.45, 2.75) is 31.6 Å². The molecule has 96 valence electrons. The second-order valence-electron chi connectivity index (χ2n) is 4.51. The minimum absolute atomic E-state index is 0.0448. The molecule has 0 aliphatic rings. The lowest BCUT2D eigenvalue weighted by molar-refractivity contribution is 0.0869. The van der Waals surface area contributed by atoms with E-state index in [1.165, 1.54) is 0 Å². The van der Waals surface area contributed by atoms with Crippen molar-refractivity contribution in [2.75, 3.05) is 12.9 Å². The minimum atomic E-state index is -0.432. The Bertz CT molecular complexity index is 374. The van der Waals surface area contributed by atoms with E-state index in [1.54, 1.807) is 17.8 Å². The van der Waals surface area contributed by atoms with Gasteiger partial charge in [0, 0.05) is 12.1 Å². The fraction of sp³-hybridized carbons (Fsp3) is 0.583. The maximum Gasteiger partial charge on any atom is 0.287 e. The highest BCUT2D eigenvalue weighted by Gasteiger charge is 2.22. The van der Waals surface area contributed by atoms with Crippen LogP contribution < -0.4 is 5.32 Å². The molecule has 0 fully saturated rings. The van der Waals surface area contributed by atoms with Crippen LogP contribution in [-0.4, -0.2) is 29.4 Å². The number of hydrogen-bond acceptors (Lipinski definition) is 4. The first-order valence-electron chi connectivity index (χ1n) is 5.49. The zero-order valence-electron chi connectivity index (χ0n) is 10.4. The van der Waals surface area contributed by atoms with E-state index in [2.05, 4.69) is 5.32 Å². The Kier molecular flexibility index (Phi) is 5.08. The number of aliphatic hydroxyl groups is 1. The highest BCUT2D eigenvalue weighted by atomic mass is 32.2. The summed E-state index contributed by atoms with van der Waals surface area (Å²) < 4.78 is 5.41. The molecule has 4 nitrogen and oxygen atoms in total. The lowest BCUT2D eigenvalue weighted by Gasteiger charge is -2.24. The molecule has 2 N–H and O–H groups in total. The lowest BCUT2D eigenvalue weighted by Crippen LogP contribution is -2.43. The number of carbonyl (C=O) groups excluding carboxylic acids is 1. The van der Waals surface area contributed by atoms with Crippen molar-refractivity contribution in [3.05, 3.63) is 23.7 Å². The molecule has 1 aromatic rings. The van der Waals surface area contributed by atoms with Gasteiger partial charge in [-0.05, 0) is 38.7 Å². The van der Waals surface area contributed by atoms with Crippen LogP contribution >= 0.6 is 11.8 Å². The first-order valence-corrected chi connectivity index (χ1v) is 6.89. The summed E-state index contributed by atoms with van der Waals surface area (Å²) >= 11 is 1.64. The molecular formula is C12H19NO3S. The van der Waals surface area contributed by atoms with Crippen molar-refractivity contribution in [2.24, 2.45) is 0 Å². The van der Waals surface area contributed by atoms with E-state index in [1.807, 2.05) is 26.2 Å². The zero-order chi connectivity index (χ0) is 12.9. The predicted octanol–water partition coefficient (Wildman–Crippen LogP) is 2.03. The number of nitrogens with one attached hydrogen (secondary N) is 1. The Balaban J connectivity index is 2.63. The van der Waals surface area contributed by atoms with Gasteiger partial charge in [-0.1, -0.05) is 0 Å². The van der Waals surface area contributed by atoms with Gasteiger partial charge in [0.25, 0.3) is 5.91 Å². The van der Waals surface area contributed by atoms with Crippen molar-refractivity contribution in [1.29, 1.82) is 0 Å². The third-order valence-corrected chi connectivity index (χ3v) is 2.93. The summed E-state index contributed by atoms with van der Waals surface area (Å²) in [5, 5.41) is 11.7. The molecule has 5 heteroatoms. The van der Waals surface area contributed by atoms with Crippen LogP contribution in [0.5, 0.6) is 0 Å². The van der Waals surface area contributed by atoms with Gasteiger partial charge in [-0.3, -0.25) is 4.79 Å². The summed E-state index contributed by atoms with van der Waals surface area (Å²) in [5.41, 5.74) is -0.432. The molecule has 1 amide bonds. The van der Waals surface area contributed by atoms with Gasteiger partial charge in [0.05, 0.1) is 5.75 Å². The van der Waals surface area contributed by atoms with Crippen molar-refractivity contribution < 1.29 is 14.3 Å². The van der Waals surface area contributed by atoms with Gasteiger partial charge in [-0.15, -0.1) is 0 Å². The summed E-state index contributed by atoms with van der Waals surface area (Å²) in [7, 11) is 0. The van der Waals surface area contributed by atoms with Gasteiger partial charge in [0.1, 0.15) is 5.76 Å². The van der Waals surface area contributed by atoms with Crippen molar-refractivity contribution in [3.63, 3.8) is 0 Å². The summed E-state index contributed by atoms with van der Waals surface area (Å²) in [5.74, 6) is 1.63. The first-order chi connectivity index (χ1) is 7.98. The Morgan fingerprint density at radius 2 is 2.24 bits per heavy atom. The molecule has 0 aliphatic carbocycles. The number of furan rings is 1. The average Bonchev–Trinajstić information content (AvgIpc) is 2.66. The Hall–Kier alpha value is -0.940. The smallest absolute Gasteiger partial charge is 0.287 e. The second-order valence-corrected chi connectivity index (χ2v) is 5.38. The maximum absolute atomic E-state index is 11.9. The van der Waals surface area contributed by atoms with Crippen molar-refractivity contribution in [3.8, 4) is 0 Å². The van der Waals surface area contributed by atoms with Crippen LogP contribution in [-0.2, 0) is 5.75 Å². The first kappa shape index (κ1) is 14.1. The van der Waals surface area contributed by atoms with E-state index in [-0.39, 0.29) is 12.5 Å². The van der Waals surface area contributed by atoms with Gasteiger partial charge < -0.3 is 14.8 Å². The Morgan fingerprint density at radius 3 is 2.82 bits per heavy atom. The van der Waals surface area contributed by atoms with E-state index in [4.69, 9.17) is 9.52 Å². The largest absolute Gasteiger partial charge is 0.455 e. The van der Waals surface area contributed by atoms with Gasteiger partial charge in [-0.2, -0.15) is 11.8 Å². The van der Waals surface area contributed by atoms with Crippen LogP contribution in [0.1, 0.15) is 36.6 Å². The summed E-state index contributed by atoms with van der Waals surface area (Å²) in [6.45, 7) is 3.78. The van der Waals surface area contributed by atoms with Crippen molar-refractivity contribution in [1.82, 2.24) is 5.32 Å². The standard InChI is InChI=1S/C12H19NO3S/c1-12(2,6-7-14)13-11(15)10-5-4-9(16-10)8-17-3/h4-5,14H,6-8H2,1-3H3,(H,13,15). The molecule has 0 saturated heterocycles. The van der Waals surface area contributed by atoms with Crippen molar-refractivity contribution >= 4 is 17.7 Å². The molecule has 0 bridgehead atoms. The number of thioether (sulfide) groups is 1. The average molecular weight is 257 g/mol. The number of aliphatic hydroxyl groups excluding tert-OH is 1. The highest BCUT2D eigenvalue weighted by Crippen LogP contribution is 2.15. The van der Waals surface area contributed by atoms with Gasteiger partial charge in [0.2, 0.25) is 0 Å². The highest BCUT2D eigenvalue weighted by molar-refractivity contribution is 7.97. The molecule has 0 aromatic carbocycles. The minimum Gasteiger partial charge on any atom is -0.455 e. The SMILES string of the molecule is CSCc1ccc(C(=O)NC(C)(C)CCO)o1. The quantitative estimate of drug-likeness (QED) is 0.818. The van der Waals surface area contributed by atoms with E-state index in [9.17, 15) is 4.79 Å². The van der Waals surface area contributed by atoms with E-state index in [0.29, 0.717) is 12.2 Å². The van der Waals surface area contributed by atoms with Crippen LogP contribution in [0.2, 0.25) is 0 Å². The molecule has 17 heavy (non-hydrogen) atoms. The van der Waals surface area contributed by atoms with Crippen LogP contribution in [0, 0.1) is 0 Å². The lowest BCUT2D eigenvalue weighted by atomic mass is 10.0. The third-order valence-electron chi connectivity index (χ3n) is 2.36. The Morgan fingerprint density at radius 1 is 1.53 bits per heavy atom. The Labute approximate surface area is 106 Å². The zero-order valence-corrected chi connectivity index (χ0v) is 11.3. The van der Waals surface area contributed by atoms with E-state index >= 15 is 0 Å². The molecule has 0 atom stereocenters. The van der Waals surface area contributed by atoms with Gasteiger partial charge in [0.15, 0.2) is 5.76 Å². The molecule has 0 aliphatic heterocycles. The molecule has 1 aromatic heterocycles. The molecule has 0 saturated carbocycles. The van der Waals surface area contributed by atoms with Crippen LogP contribution in [0.25, 0.3) is 0 Å². The fourth-order valence-electron chi connectivity index (χ4n) is 1.43. The summed E-state index contributed by atoms with van der Waals surface area (Å²) in [6.07, 6.45) is 2.49. The maximum atomic E-state index is 11.9. The van der Waals surface area contributed by atoms with Gasteiger partial charge >= 0.3 is 0 Å².